The lowest BCUT2D eigenvalue weighted by Crippen LogP contribution is -2.16. The van der Waals surface area contributed by atoms with E-state index < -0.39 is 5.97 Å². The van der Waals surface area contributed by atoms with Crippen molar-refractivity contribution in [1.29, 1.82) is 0 Å². The van der Waals surface area contributed by atoms with E-state index in [-0.39, 0.29) is 17.3 Å². The Morgan fingerprint density at radius 2 is 1.77 bits per heavy atom. The molecule has 0 aliphatic carbocycles. The molecule has 1 N–H and O–H groups in total. The van der Waals surface area contributed by atoms with Crippen LogP contribution in [0.1, 0.15) is 33.3 Å². The molecule has 0 unspecified atom stereocenters. The molecule has 0 aliphatic rings. The molecule has 3 rings (SSSR count). The molecule has 0 radical (unpaired) electrons. The van der Waals surface area contributed by atoms with Crippen LogP contribution in [0.2, 0.25) is 0 Å². The van der Waals surface area contributed by atoms with Crippen LogP contribution in [0.5, 0.6) is 11.5 Å². The Morgan fingerprint density at radius 1 is 1.07 bits per heavy atom. The third-order valence-corrected chi connectivity index (χ3v) is 4.30. The summed E-state index contributed by atoms with van der Waals surface area (Å²) in [4.78, 5) is 24.6. The number of carbonyl (C=O) groups is 2. The highest BCUT2D eigenvalue weighted by Gasteiger charge is 2.19. The monoisotopic (exact) mass is 409 g/mol. The van der Waals surface area contributed by atoms with E-state index in [1.54, 1.807) is 25.2 Å². The first-order valence-corrected chi connectivity index (χ1v) is 9.38. The number of rotatable bonds is 8. The smallest absolute Gasteiger partial charge is 0.358 e. The zero-order valence-electron chi connectivity index (χ0n) is 17.0. The maximum atomic E-state index is 12.7. The molecule has 0 spiro atoms. The molecule has 1 aromatic heterocycles. The van der Waals surface area contributed by atoms with Crippen LogP contribution in [0.3, 0.4) is 0 Å². The van der Waals surface area contributed by atoms with Crippen LogP contribution in [-0.4, -0.2) is 35.4 Å². The molecule has 0 saturated heterocycles. The SMILES string of the molecule is CCOc1ccc(OCc2cccc(C(=O)Nc3cnn(C)c3C(=O)OC)c2)cc1. The Bertz CT molecular complexity index is 1030. The van der Waals surface area contributed by atoms with Gasteiger partial charge in [-0.1, -0.05) is 12.1 Å². The van der Waals surface area contributed by atoms with Gasteiger partial charge >= 0.3 is 5.97 Å². The number of ether oxygens (including phenoxy) is 3. The quantitative estimate of drug-likeness (QED) is 0.573. The lowest BCUT2D eigenvalue weighted by molar-refractivity contribution is 0.0589. The molecule has 8 heteroatoms. The van der Waals surface area contributed by atoms with Crippen molar-refractivity contribution in [3.63, 3.8) is 0 Å². The summed E-state index contributed by atoms with van der Waals surface area (Å²) in [7, 11) is 2.87. The molecule has 8 nitrogen and oxygen atoms in total. The largest absolute Gasteiger partial charge is 0.494 e. The highest BCUT2D eigenvalue weighted by molar-refractivity contribution is 6.07. The van der Waals surface area contributed by atoms with Crippen molar-refractivity contribution in [2.45, 2.75) is 13.5 Å². The highest BCUT2D eigenvalue weighted by Crippen LogP contribution is 2.20. The van der Waals surface area contributed by atoms with Gasteiger partial charge in [-0.15, -0.1) is 0 Å². The molecule has 1 heterocycles. The number of methoxy groups -OCH3 is 1. The number of aryl methyl sites for hydroxylation is 1. The Labute approximate surface area is 174 Å². The number of carbonyl (C=O) groups excluding carboxylic acids is 2. The molecule has 0 aliphatic heterocycles. The van der Waals surface area contributed by atoms with E-state index in [2.05, 4.69) is 10.4 Å². The highest BCUT2D eigenvalue weighted by atomic mass is 16.5. The molecular weight excluding hydrogens is 386 g/mol. The van der Waals surface area contributed by atoms with Gasteiger partial charge in [0.2, 0.25) is 0 Å². The first kappa shape index (κ1) is 20.9. The van der Waals surface area contributed by atoms with Crippen molar-refractivity contribution in [3.05, 3.63) is 71.5 Å². The number of benzene rings is 2. The van der Waals surface area contributed by atoms with Gasteiger partial charge in [0.1, 0.15) is 18.1 Å². The molecule has 156 valence electrons. The molecular formula is C22H23N3O5. The van der Waals surface area contributed by atoms with Gasteiger partial charge < -0.3 is 19.5 Å². The van der Waals surface area contributed by atoms with Crippen molar-refractivity contribution < 1.29 is 23.8 Å². The van der Waals surface area contributed by atoms with Crippen LogP contribution in [-0.2, 0) is 18.4 Å². The van der Waals surface area contributed by atoms with Gasteiger partial charge in [0.15, 0.2) is 5.69 Å². The molecule has 1 amide bonds. The van der Waals surface area contributed by atoms with Gasteiger partial charge in [0, 0.05) is 12.6 Å². The van der Waals surface area contributed by atoms with Crippen LogP contribution in [0.4, 0.5) is 5.69 Å². The standard InChI is InChI=1S/C22H23N3O5/c1-4-29-17-8-10-18(11-9-17)30-14-15-6-5-7-16(12-15)21(26)24-19-13-23-25(2)20(19)22(27)28-3/h5-13H,4,14H2,1-3H3,(H,24,26). The number of anilines is 1. The van der Waals surface area contributed by atoms with E-state index >= 15 is 0 Å². The van der Waals surface area contributed by atoms with E-state index in [1.807, 2.05) is 37.3 Å². The fourth-order valence-corrected chi connectivity index (χ4v) is 2.83. The van der Waals surface area contributed by atoms with Crippen molar-refractivity contribution in [2.75, 3.05) is 19.0 Å². The number of aromatic nitrogens is 2. The average Bonchev–Trinajstić information content (AvgIpc) is 3.13. The second kappa shape index (κ2) is 9.60. The zero-order valence-corrected chi connectivity index (χ0v) is 17.0. The van der Waals surface area contributed by atoms with Gasteiger partial charge in [-0.3, -0.25) is 9.48 Å². The van der Waals surface area contributed by atoms with Gasteiger partial charge in [0.05, 0.1) is 25.6 Å². The molecule has 3 aromatic rings. The Balaban J connectivity index is 1.66. The lowest BCUT2D eigenvalue weighted by Gasteiger charge is -2.10. The van der Waals surface area contributed by atoms with E-state index in [1.165, 1.54) is 18.0 Å². The minimum absolute atomic E-state index is 0.167. The molecule has 0 saturated carbocycles. The van der Waals surface area contributed by atoms with E-state index in [9.17, 15) is 9.59 Å². The topological polar surface area (TPSA) is 91.7 Å². The lowest BCUT2D eigenvalue weighted by atomic mass is 10.1. The van der Waals surface area contributed by atoms with Gasteiger partial charge in [0.25, 0.3) is 5.91 Å². The minimum atomic E-state index is -0.581. The molecule has 30 heavy (non-hydrogen) atoms. The molecule has 0 fully saturated rings. The molecule has 2 aromatic carbocycles. The Hall–Kier alpha value is -3.81. The van der Waals surface area contributed by atoms with Crippen molar-refractivity contribution >= 4 is 17.6 Å². The summed E-state index contributed by atoms with van der Waals surface area (Å²) in [6, 6.07) is 14.4. The van der Waals surface area contributed by atoms with Crippen LogP contribution in [0.15, 0.2) is 54.7 Å². The first-order chi connectivity index (χ1) is 14.5. The number of esters is 1. The fraction of sp³-hybridized carbons (Fsp3) is 0.227. The second-order valence-corrected chi connectivity index (χ2v) is 6.37. The number of amides is 1. The molecule has 0 atom stereocenters. The normalized spacial score (nSPS) is 10.4. The fourth-order valence-electron chi connectivity index (χ4n) is 2.83. The summed E-state index contributed by atoms with van der Waals surface area (Å²) >= 11 is 0. The maximum absolute atomic E-state index is 12.7. The van der Waals surface area contributed by atoms with Crippen molar-refractivity contribution in [3.8, 4) is 11.5 Å². The van der Waals surface area contributed by atoms with Crippen LogP contribution < -0.4 is 14.8 Å². The summed E-state index contributed by atoms with van der Waals surface area (Å²) in [5.41, 5.74) is 1.71. The average molecular weight is 409 g/mol. The number of nitrogens with zero attached hydrogens (tertiary/aromatic N) is 2. The van der Waals surface area contributed by atoms with E-state index in [0.29, 0.717) is 24.5 Å². The maximum Gasteiger partial charge on any atom is 0.358 e. The van der Waals surface area contributed by atoms with E-state index in [0.717, 1.165) is 11.3 Å². The van der Waals surface area contributed by atoms with Gasteiger partial charge in [-0.05, 0) is 48.9 Å². The Morgan fingerprint density at radius 3 is 2.43 bits per heavy atom. The van der Waals surface area contributed by atoms with Gasteiger partial charge in [-0.25, -0.2) is 4.79 Å². The van der Waals surface area contributed by atoms with Crippen LogP contribution in [0, 0.1) is 0 Å². The van der Waals surface area contributed by atoms with Gasteiger partial charge in [-0.2, -0.15) is 5.10 Å². The van der Waals surface area contributed by atoms with Crippen LogP contribution in [0.25, 0.3) is 0 Å². The number of hydrogen-bond acceptors (Lipinski definition) is 6. The predicted molar refractivity (Wildman–Crippen MR) is 111 cm³/mol. The molecule has 0 bridgehead atoms. The summed E-state index contributed by atoms with van der Waals surface area (Å²) in [6.07, 6.45) is 1.41. The number of nitrogens with one attached hydrogen (secondary N) is 1. The minimum Gasteiger partial charge on any atom is -0.494 e. The summed E-state index contributed by atoms with van der Waals surface area (Å²) in [6.45, 7) is 2.84. The van der Waals surface area contributed by atoms with Crippen LogP contribution >= 0.6 is 0 Å². The predicted octanol–water partition coefficient (Wildman–Crippen LogP) is 3.44. The zero-order chi connectivity index (χ0) is 21.5. The third kappa shape index (κ3) is 4.96. The third-order valence-electron chi connectivity index (χ3n) is 4.30. The summed E-state index contributed by atoms with van der Waals surface area (Å²) < 4.78 is 17.3. The first-order valence-electron chi connectivity index (χ1n) is 9.38. The number of hydrogen-bond donors (Lipinski definition) is 1. The summed E-state index contributed by atoms with van der Waals surface area (Å²) in [5.74, 6) is 0.538. The second-order valence-electron chi connectivity index (χ2n) is 6.37. The van der Waals surface area contributed by atoms with Crippen molar-refractivity contribution in [1.82, 2.24) is 9.78 Å². The van der Waals surface area contributed by atoms with Crippen molar-refractivity contribution in [2.24, 2.45) is 7.05 Å². The Kier molecular flexibility index (Phi) is 6.69. The van der Waals surface area contributed by atoms with E-state index in [4.69, 9.17) is 14.2 Å². The summed E-state index contributed by atoms with van der Waals surface area (Å²) in [5, 5.41) is 6.71.